The quantitative estimate of drug-likeness (QED) is 0.507. The van der Waals surface area contributed by atoms with E-state index < -0.39 is 0 Å². The third-order valence-corrected chi connectivity index (χ3v) is 4.23. The molecule has 2 aromatic rings. The summed E-state index contributed by atoms with van der Waals surface area (Å²) in [5, 5.41) is 8.34. The van der Waals surface area contributed by atoms with Crippen LogP contribution in [0.1, 0.15) is 57.3 Å². The number of carbonyl (C=O) groups excluding carboxylic acids is 2. The Morgan fingerprint density at radius 1 is 1.00 bits per heavy atom. The summed E-state index contributed by atoms with van der Waals surface area (Å²) in [6.45, 7) is 8.42. The van der Waals surface area contributed by atoms with Crippen molar-refractivity contribution < 1.29 is 9.59 Å². The lowest BCUT2D eigenvalue weighted by atomic mass is 9.99. The van der Waals surface area contributed by atoms with E-state index in [2.05, 4.69) is 10.3 Å². The third kappa shape index (κ3) is 5.34. The predicted molar refractivity (Wildman–Crippen MR) is 98.3 cm³/mol. The van der Waals surface area contributed by atoms with Crippen LogP contribution < -0.4 is 0 Å². The summed E-state index contributed by atoms with van der Waals surface area (Å²) in [6, 6.07) is 7.50. The van der Waals surface area contributed by atoms with Gasteiger partial charge in [-0.15, -0.1) is 5.10 Å². The van der Waals surface area contributed by atoms with Crippen LogP contribution in [-0.2, 0) is 11.3 Å². The molecule has 0 aliphatic carbocycles. The van der Waals surface area contributed by atoms with Gasteiger partial charge < -0.3 is 0 Å². The molecule has 0 atom stereocenters. The van der Waals surface area contributed by atoms with Crippen molar-refractivity contribution in [2.45, 2.75) is 53.5 Å². The number of aromatic nitrogens is 3. The first-order chi connectivity index (χ1) is 11.9. The van der Waals surface area contributed by atoms with Gasteiger partial charge in [-0.25, -0.2) is 0 Å². The molecule has 0 aliphatic rings. The zero-order valence-electron chi connectivity index (χ0n) is 15.5. The highest BCUT2D eigenvalue weighted by Gasteiger charge is 2.11. The molecular formula is C20H27N3O2. The van der Waals surface area contributed by atoms with Crippen molar-refractivity contribution in [2.75, 3.05) is 0 Å². The van der Waals surface area contributed by atoms with Gasteiger partial charge >= 0.3 is 0 Å². The molecule has 0 N–H and O–H groups in total. The molecule has 0 saturated carbocycles. The maximum absolute atomic E-state index is 12.0. The van der Waals surface area contributed by atoms with Crippen molar-refractivity contribution in [2.24, 2.45) is 11.8 Å². The average molecular weight is 341 g/mol. The Balaban J connectivity index is 1.90. The Labute approximate surface area is 149 Å². The monoisotopic (exact) mass is 341 g/mol. The fourth-order valence-electron chi connectivity index (χ4n) is 2.54. The third-order valence-electron chi connectivity index (χ3n) is 4.23. The number of unbranched alkanes of at least 4 members (excludes halogenated alkanes) is 1. The first kappa shape index (κ1) is 19.0. The number of aryl methyl sites for hydroxylation is 1. The summed E-state index contributed by atoms with van der Waals surface area (Å²) in [4.78, 5) is 23.6. The molecule has 0 bridgehead atoms. The average Bonchev–Trinajstić information content (AvgIpc) is 3.06. The molecule has 0 spiro atoms. The number of nitrogens with zero attached hydrogens (tertiary/aromatic N) is 3. The first-order valence-corrected chi connectivity index (χ1v) is 8.96. The van der Waals surface area contributed by atoms with Crippen molar-refractivity contribution >= 4 is 11.6 Å². The maximum Gasteiger partial charge on any atom is 0.165 e. The molecule has 1 aromatic carbocycles. The fourth-order valence-corrected chi connectivity index (χ4v) is 2.54. The lowest BCUT2D eigenvalue weighted by Crippen LogP contribution is -2.07. The number of carbonyl (C=O) groups is 2. The van der Waals surface area contributed by atoms with Crippen molar-refractivity contribution in [3.05, 3.63) is 36.0 Å². The standard InChI is InChI=1S/C20H27N3O2/c1-14(2)19(24)7-5-6-12-23-13-18(21-22-23)16-8-10-17(11-9-16)20(25)15(3)4/h8-11,13-15H,5-7,12H2,1-4H3. The van der Waals surface area contributed by atoms with Crippen LogP contribution in [0.25, 0.3) is 11.3 Å². The summed E-state index contributed by atoms with van der Waals surface area (Å²) in [7, 11) is 0. The largest absolute Gasteiger partial charge is 0.299 e. The van der Waals surface area contributed by atoms with Crippen molar-refractivity contribution in [1.82, 2.24) is 15.0 Å². The van der Waals surface area contributed by atoms with Crippen molar-refractivity contribution in [3.63, 3.8) is 0 Å². The Hall–Kier alpha value is -2.30. The molecular weight excluding hydrogens is 314 g/mol. The van der Waals surface area contributed by atoms with Gasteiger partial charge in [-0.2, -0.15) is 0 Å². The molecule has 0 amide bonds. The molecule has 0 radical (unpaired) electrons. The summed E-state index contributed by atoms with van der Waals surface area (Å²) in [6.07, 6.45) is 4.31. The highest BCUT2D eigenvalue weighted by molar-refractivity contribution is 5.97. The molecule has 0 unspecified atom stereocenters. The van der Waals surface area contributed by atoms with Crippen LogP contribution in [-0.4, -0.2) is 26.6 Å². The van der Waals surface area contributed by atoms with E-state index in [1.54, 1.807) is 0 Å². The molecule has 5 heteroatoms. The summed E-state index contributed by atoms with van der Waals surface area (Å²) < 4.78 is 1.81. The number of ketones is 2. The minimum atomic E-state index is -0.00528. The molecule has 2 rings (SSSR count). The molecule has 134 valence electrons. The zero-order chi connectivity index (χ0) is 18.4. The molecule has 0 fully saturated rings. The summed E-state index contributed by atoms with van der Waals surface area (Å²) >= 11 is 0. The number of hydrogen-bond acceptors (Lipinski definition) is 4. The Morgan fingerprint density at radius 2 is 1.68 bits per heavy atom. The fraction of sp³-hybridized carbons (Fsp3) is 0.500. The van der Waals surface area contributed by atoms with Gasteiger partial charge in [0.1, 0.15) is 11.5 Å². The van der Waals surface area contributed by atoms with Crippen LogP contribution in [0.15, 0.2) is 30.5 Å². The highest BCUT2D eigenvalue weighted by Crippen LogP contribution is 2.18. The van der Waals surface area contributed by atoms with E-state index in [4.69, 9.17) is 0 Å². The summed E-state index contributed by atoms with van der Waals surface area (Å²) in [5.41, 5.74) is 2.46. The van der Waals surface area contributed by atoms with Gasteiger partial charge in [0.25, 0.3) is 0 Å². The van der Waals surface area contributed by atoms with E-state index in [1.807, 2.05) is 62.8 Å². The van der Waals surface area contributed by atoms with Gasteiger partial charge in [0, 0.05) is 35.9 Å². The number of Topliss-reactive ketones (excluding diaryl/α,β-unsaturated/α-hetero) is 2. The molecule has 25 heavy (non-hydrogen) atoms. The van der Waals surface area contributed by atoms with Gasteiger partial charge in [0.05, 0.1) is 6.20 Å². The Kier molecular flexibility index (Phi) is 6.62. The number of benzene rings is 1. The molecule has 1 aromatic heterocycles. The second-order valence-corrected chi connectivity index (χ2v) is 7.04. The van der Waals surface area contributed by atoms with Crippen LogP contribution in [0.2, 0.25) is 0 Å². The second-order valence-electron chi connectivity index (χ2n) is 7.04. The van der Waals surface area contributed by atoms with E-state index in [0.717, 1.165) is 36.2 Å². The first-order valence-electron chi connectivity index (χ1n) is 8.96. The van der Waals surface area contributed by atoms with Gasteiger partial charge in [-0.3, -0.25) is 14.3 Å². The van der Waals surface area contributed by atoms with E-state index in [9.17, 15) is 9.59 Å². The van der Waals surface area contributed by atoms with Crippen LogP contribution >= 0.6 is 0 Å². The van der Waals surface area contributed by atoms with Gasteiger partial charge in [-0.1, -0.05) is 57.2 Å². The highest BCUT2D eigenvalue weighted by atomic mass is 16.1. The van der Waals surface area contributed by atoms with Crippen molar-refractivity contribution in [1.29, 1.82) is 0 Å². The van der Waals surface area contributed by atoms with Crippen LogP contribution in [0.3, 0.4) is 0 Å². The summed E-state index contributed by atoms with van der Waals surface area (Å²) in [5.74, 6) is 0.569. The smallest absolute Gasteiger partial charge is 0.165 e. The lowest BCUT2D eigenvalue weighted by molar-refractivity contribution is -0.122. The normalized spacial score (nSPS) is 11.3. The van der Waals surface area contributed by atoms with Crippen LogP contribution in [0, 0.1) is 11.8 Å². The van der Waals surface area contributed by atoms with Gasteiger partial charge in [0.15, 0.2) is 5.78 Å². The number of rotatable bonds is 9. The minimum absolute atomic E-state index is 0.00528. The Morgan fingerprint density at radius 3 is 2.28 bits per heavy atom. The molecule has 0 saturated heterocycles. The van der Waals surface area contributed by atoms with E-state index in [1.165, 1.54) is 0 Å². The van der Waals surface area contributed by atoms with E-state index in [0.29, 0.717) is 12.2 Å². The second kappa shape index (κ2) is 8.70. The van der Waals surface area contributed by atoms with E-state index >= 15 is 0 Å². The van der Waals surface area contributed by atoms with Gasteiger partial charge in [-0.05, 0) is 12.8 Å². The maximum atomic E-state index is 12.0. The lowest BCUT2D eigenvalue weighted by Gasteiger charge is -2.04. The van der Waals surface area contributed by atoms with Crippen LogP contribution in [0.5, 0.6) is 0 Å². The minimum Gasteiger partial charge on any atom is -0.299 e. The van der Waals surface area contributed by atoms with Crippen LogP contribution in [0.4, 0.5) is 0 Å². The number of hydrogen-bond donors (Lipinski definition) is 0. The zero-order valence-corrected chi connectivity index (χ0v) is 15.5. The Bertz CT molecular complexity index is 715. The molecule has 5 nitrogen and oxygen atoms in total. The molecule has 0 aliphatic heterocycles. The SMILES string of the molecule is CC(C)C(=O)CCCCn1cc(-c2ccc(C(=O)C(C)C)cc2)nn1. The van der Waals surface area contributed by atoms with Gasteiger partial charge in [0.2, 0.25) is 0 Å². The topological polar surface area (TPSA) is 64.8 Å². The van der Waals surface area contributed by atoms with E-state index in [-0.39, 0.29) is 17.6 Å². The van der Waals surface area contributed by atoms with Crippen molar-refractivity contribution in [3.8, 4) is 11.3 Å². The predicted octanol–water partition coefficient (Wildman–Crippen LogP) is 4.18. The molecule has 1 heterocycles.